The van der Waals surface area contributed by atoms with Crippen molar-refractivity contribution >= 4 is 16.8 Å². The zero-order valence-electron chi connectivity index (χ0n) is 7.28. The summed E-state index contributed by atoms with van der Waals surface area (Å²) in [5.74, 6) is 1.11. The van der Waals surface area contributed by atoms with Crippen molar-refractivity contribution in [3.05, 3.63) is 18.2 Å². The Kier molecular flexibility index (Phi) is 1.81. The van der Waals surface area contributed by atoms with Gasteiger partial charge in [-0.15, -0.1) is 0 Å². The molecule has 0 unspecified atom stereocenters. The maximum atomic E-state index is 5.56. The highest BCUT2D eigenvalue weighted by molar-refractivity contribution is 5.88. The van der Waals surface area contributed by atoms with Gasteiger partial charge in [0.15, 0.2) is 0 Å². The van der Waals surface area contributed by atoms with Crippen LogP contribution in [0.15, 0.2) is 22.7 Å². The number of anilines is 1. The molecule has 2 N–H and O–H groups in total. The monoisotopic (exact) mass is 178 g/mol. The zero-order chi connectivity index (χ0) is 9.26. The van der Waals surface area contributed by atoms with Crippen molar-refractivity contribution in [2.24, 2.45) is 0 Å². The van der Waals surface area contributed by atoms with Crippen molar-refractivity contribution in [1.82, 2.24) is 5.16 Å². The van der Waals surface area contributed by atoms with E-state index in [2.05, 4.69) is 5.16 Å². The Morgan fingerprint density at radius 2 is 2.38 bits per heavy atom. The molecule has 0 aliphatic carbocycles. The number of ether oxygens (including phenoxy) is 1. The van der Waals surface area contributed by atoms with E-state index in [4.69, 9.17) is 15.0 Å². The number of nitrogen functional groups attached to an aromatic ring is 1. The molecule has 0 saturated carbocycles. The fourth-order valence-corrected chi connectivity index (χ4v) is 1.20. The van der Waals surface area contributed by atoms with Gasteiger partial charge in [-0.2, -0.15) is 0 Å². The van der Waals surface area contributed by atoms with Gasteiger partial charge in [-0.05, 0) is 25.1 Å². The van der Waals surface area contributed by atoms with Crippen molar-refractivity contribution in [3.63, 3.8) is 0 Å². The Bertz CT molecular complexity index is 422. The highest BCUT2D eigenvalue weighted by Gasteiger charge is 2.05. The molecule has 4 nitrogen and oxygen atoms in total. The largest absolute Gasteiger partial charge is 0.494 e. The first-order chi connectivity index (χ1) is 6.31. The molecule has 2 aromatic rings. The molecule has 4 heteroatoms. The van der Waals surface area contributed by atoms with Crippen LogP contribution < -0.4 is 10.5 Å². The number of nitrogens with two attached hydrogens (primary N) is 1. The average molecular weight is 178 g/mol. The van der Waals surface area contributed by atoms with Crippen molar-refractivity contribution < 1.29 is 9.26 Å². The summed E-state index contributed by atoms with van der Waals surface area (Å²) in [6.07, 6.45) is 0. The number of hydrogen-bond donors (Lipinski definition) is 1. The summed E-state index contributed by atoms with van der Waals surface area (Å²) < 4.78 is 10.1. The van der Waals surface area contributed by atoms with E-state index in [-0.39, 0.29) is 0 Å². The molecule has 0 atom stereocenters. The number of rotatable bonds is 2. The minimum Gasteiger partial charge on any atom is -0.494 e. The molecular formula is C9H10N2O2. The van der Waals surface area contributed by atoms with Gasteiger partial charge in [-0.3, -0.25) is 0 Å². The van der Waals surface area contributed by atoms with Crippen LogP contribution in [-0.2, 0) is 0 Å². The van der Waals surface area contributed by atoms with Crippen LogP contribution >= 0.6 is 0 Å². The van der Waals surface area contributed by atoms with Gasteiger partial charge in [-0.25, -0.2) is 0 Å². The van der Waals surface area contributed by atoms with Crippen LogP contribution in [-0.4, -0.2) is 11.8 Å². The lowest BCUT2D eigenvalue weighted by Gasteiger charge is -2.00. The summed E-state index contributed by atoms with van der Waals surface area (Å²) in [4.78, 5) is 0. The van der Waals surface area contributed by atoms with Gasteiger partial charge in [0.25, 0.3) is 0 Å². The number of aromatic nitrogens is 1. The summed E-state index contributed by atoms with van der Waals surface area (Å²) in [5.41, 5.74) is 6.31. The van der Waals surface area contributed by atoms with Gasteiger partial charge in [0.05, 0.1) is 12.0 Å². The first-order valence-electron chi connectivity index (χ1n) is 4.09. The molecule has 13 heavy (non-hydrogen) atoms. The second kappa shape index (κ2) is 2.97. The Balaban J connectivity index is 2.53. The molecule has 1 aromatic heterocycles. The fourth-order valence-electron chi connectivity index (χ4n) is 1.20. The van der Waals surface area contributed by atoms with Gasteiger partial charge >= 0.3 is 0 Å². The number of benzene rings is 1. The first-order valence-corrected chi connectivity index (χ1v) is 4.09. The summed E-state index contributed by atoms with van der Waals surface area (Å²) in [6, 6.07) is 5.48. The second-order valence-electron chi connectivity index (χ2n) is 2.66. The summed E-state index contributed by atoms with van der Waals surface area (Å²) in [6.45, 7) is 2.57. The first kappa shape index (κ1) is 7.91. The molecule has 1 aromatic carbocycles. The van der Waals surface area contributed by atoms with E-state index in [0.29, 0.717) is 12.5 Å². The highest BCUT2D eigenvalue weighted by Crippen LogP contribution is 2.24. The predicted octanol–water partition coefficient (Wildman–Crippen LogP) is 1.81. The third-order valence-electron chi connectivity index (χ3n) is 1.79. The maximum absolute atomic E-state index is 5.56. The summed E-state index contributed by atoms with van der Waals surface area (Å²) in [5, 5.41) is 4.56. The third kappa shape index (κ3) is 1.30. The molecule has 0 amide bonds. The normalized spacial score (nSPS) is 10.5. The number of nitrogens with zero attached hydrogens (tertiary/aromatic N) is 1. The molecule has 0 saturated heterocycles. The van der Waals surface area contributed by atoms with E-state index >= 15 is 0 Å². The Labute approximate surface area is 75.3 Å². The smallest absolute Gasteiger partial charge is 0.230 e. The van der Waals surface area contributed by atoms with Crippen LogP contribution in [0, 0.1) is 0 Å². The Morgan fingerprint density at radius 1 is 1.54 bits per heavy atom. The molecule has 0 bridgehead atoms. The van der Waals surface area contributed by atoms with E-state index in [0.717, 1.165) is 16.7 Å². The summed E-state index contributed by atoms with van der Waals surface area (Å²) in [7, 11) is 0. The lowest BCUT2D eigenvalue weighted by Crippen LogP contribution is -1.90. The average Bonchev–Trinajstić information content (AvgIpc) is 2.49. The minimum atomic E-state index is 0.330. The lowest BCUT2D eigenvalue weighted by atomic mass is 10.2. The van der Waals surface area contributed by atoms with Crippen LogP contribution in [0.4, 0.5) is 5.88 Å². The fraction of sp³-hybridized carbons (Fsp3) is 0.222. The van der Waals surface area contributed by atoms with Crippen LogP contribution in [0.25, 0.3) is 10.9 Å². The molecule has 0 spiro atoms. The van der Waals surface area contributed by atoms with E-state index in [9.17, 15) is 0 Å². The van der Waals surface area contributed by atoms with Crippen LogP contribution in [0.1, 0.15) is 6.92 Å². The van der Waals surface area contributed by atoms with E-state index in [1.807, 2.05) is 25.1 Å². The van der Waals surface area contributed by atoms with E-state index < -0.39 is 0 Å². The number of hydrogen-bond acceptors (Lipinski definition) is 4. The van der Waals surface area contributed by atoms with Crippen LogP contribution in [0.3, 0.4) is 0 Å². The lowest BCUT2D eigenvalue weighted by molar-refractivity contribution is 0.341. The maximum Gasteiger partial charge on any atom is 0.230 e. The number of fused-ring (bicyclic) bond motifs is 1. The molecule has 68 valence electrons. The van der Waals surface area contributed by atoms with Gasteiger partial charge < -0.3 is 15.0 Å². The molecule has 0 fully saturated rings. The van der Waals surface area contributed by atoms with Gasteiger partial charge in [-0.1, -0.05) is 5.16 Å². The highest BCUT2D eigenvalue weighted by atomic mass is 16.5. The van der Waals surface area contributed by atoms with Crippen LogP contribution in [0.2, 0.25) is 0 Å². The van der Waals surface area contributed by atoms with Crippen molar-refractivity contribution in [2.75, 3.05) is 12.3 Å². The van der Waals surface area contributed by atoms with Crippen molar-refractivity contribution in [3.8, 4) is 5.75 Å². The van der Waals surface area contributed by atoms with Gasteiger partial charge in [0, 0.05) is 0 Å². The molecular weight excluding hydrogens is 168 g/mol. The Morgan fingerprint density at radius 3 is 3.15 bits per heavy atom. The second-order valence-corrected chi connectivity index (χ2v) is 2.66. The standard InChI is InChI=1S/C9H10N2O2/c1-2-12-6-3-4-8-7(5-6)9(10)13-11-8/h3-5H,2,10H2,1H3. The molecule has 1 heterocycles. The molecule has 0 aliphatic heterocycles. The van der Waals surface area contributed by atoms with Gasteiger partial charge in [0.2, 0.25) is 5.88 Å². The van der Waals surface area contributed by atoms with E-state index in [1.54, 1.807) is 0 Å². The quantitative estimate of drug-likeness (QED) is 0.761. The molecule has 0 aliphatic rings. The minimum absolute atomic E-state index is 0.330. The summed E-state index contributed by atoms with van der Waals surface area (Å²) >= 11 is 0. The van der Waals surface area contributed by atoms with Crippen LogP contribution in [0.5, 0.6) is 5.75 Å². The Hall–Kier alpha value is -1.71. The third-order valence-corrected chi connectivity index (χ3v) is 1.79. The SMILES string of the molecule is CCOc1ccc2noc(N)c2c1. The van der Waals surface area contributed by atoms with E-state index in [1.165, 1.54) is 0 Å². The molecule has 0 radical (unpaired) electrons. The zero-order valence-corrected chi connectivity index (χ0v) is 7.28. The molecule has 2 rings (SSSR count). The van der Waals surface area contributed by atoms with Crippen molar-refractivity contribution in [2.45, 2.75) is 6.92 Å². The van der Waals surface area contributed by atoms with Gasteiger partial charge in [0.1, 0.15) is 11.3 Å². The predicted molar refractivity (Wildman–Crippen MR) is 49.6 cm³/mol. The van der Waals surface area contributed by atoms with Crippen molar-refractivity contribution in [1.29, 1.82) is 0 Å². The topological polar surface area (TPSA) is 61.3 Å².